The first-order chi connectivity index (χ1) is 13.3. The average Bonchev–Trinajstić information content (AvgIpc) is 3.32. The fourth-order valence-electron chi connectivity index (χ4n) is 3.47. The molecular formula is C19H21N5O3S. The highest BCUT2D eigenvalue weighted by Gasteiger charge is 2.22. The van der Waals surface area contributed by atoms with E-state index in [4.69, 9.17) is 4.52 Å². The van der Waals surface area contributed by atoms with Gasteiger partial charge in [0.25, 0.3) is 0 Å². The van der Waals surface area contributed by atoms with Crippen LogP contribution >= 0.6 is 0 Å². The van der Waals surface area contributed by atoms with Crippen LogP contribution in [0.2, 0.25) is 0 Å². The summed E-state index contributed by atoms with van der Waals surface area (Å²) < 4.78 is 34.1. The maximum Gasteiger partial charge on any atom is 0.239 e. The van der Waals surface area contributed by atoms with Crippen molar-refractivity contribution in [1.82, 2.24) is 23.9 Å². The molecule has 0 amide bonds. The Hall–Kier alpha value is -2.94. The Morgan fingerprint density at radius 2 is 1.93 bits per heavy atom. The van der Waals surface area contributed by atoms with E-state index >= 15 is 0 Å². The third-order valence-corrected chi connectivity index (χ3v) is 6.53. The molecular weight excluding hydrogens is 378 g/mol. The lowest BCUT2D eigenvalue weighted by atomic mass is 10.1. The first kappa shape index (κ1) is 18.4. The number of nitrogens with zero attached hydrogens (tertiary/aromatic N) is 5. The normalized spacial score (nSPS) is 12.1. The molecule has 0 spiro atoms. The maximum atomic E-state index is 12.9. The van der Waals surface area contributed by atoms with Gasteiger partial charge in [0.1, 0.15) is 5.76 Å². The molecule has 4 rings (SSSR count). The van der Waals surface area contributed by atoms with E-state index in [0.717, 1.165) is 27.9 Å². The molecule has 0 aliphatic rings. The molecule has 9 heteroatoms. The molecule has 28 heavy (non-hydrogen) atoms. The second-order valence-corrected chi connectivity index (χ2v) is 8.81. The minimum Gasteiger partial charge on any atom is -0.361 e. The summed E-state index contributed by atoms with van der Waals surface area (Å²) in [6.07, 6.45) is 7.44. The number of pyridine rings is 1. The molecule has 0 atom stereocenters. The van der Waals surface area contributed by atoms with Gasteiger partial charge in [-0.3, -0.25) is 9.67 Å². The van der Waals surface area contributed by atoms with Gasteiger partial charge in [0.2, 0.25) is 10.0 Å². The predicted molar refractivity (Wildman–Crippen MR) is 106 cm³/mol. The second kappa shape index (κ2) is 6.59. The van der Waals surface area contributed by atoms with Gasteiger partial charge in [-0.25, -0.2) is 12.4 Å². The summed E-state index contributed by atoms with van der Waals surface area (Å²) >= 11 is 0. The van der Waals surface area contributed by atoms with E-state index in [1.165, 1.54) is 3.97 Å². The van der Waals surface area contributed by atoms with E-state index in [1.54, 1.807) is 23.3 Å². The van der Waals surface area contributed by atoms with Gasteiger partial charge >= 0.3 is 0 Å². The number of hydrogen-bond donors (Lipinski definition) is 0. The molecule has 0 fully saturated rings. The summed E-state index contributed by atoms with van der Waals surface area (Å²) in [4.78, 5) is 4.61. The van der Waals surface area contributed by atoms with Crippen LogP contribution < -0.4 is 0 Å². The molecule has 0 aliphatic carbocycles. The van der Waals surface area contributed by atoms with Gasteiger partial charge in [-0.15, -0.1) is 0 Å². The van der Waals surface area contributed by atoms with Crippen LogP contribution in [0.3, 0.4) is 0 Å². The Labute approximate surface area is 162 Å². The molecule has 4 heterocycles. The molecule has 146 valence electrons. The summed E-state index contributed by atoms with van der Waals surface area (Å²) in [7, 11) is -1.69. The summed E-state index contributed by atoms with van der Waals surface area (Å²) in [6, 6.07) is 1.84. The summed E-state index contributed by atoms with van der Waals surface area (Å²) in [5, 5.41) is 8.19. The molecule has 0 saturated carbocycles. The van der Waals surface area contributed by atoms with E-state index in [2.05, 4.69) is 15.2 Å². The quantitative estimate of drug-likeness (QED) is 0.511. The maximum absolute atomic E-state index is 12.9. The van der Waals surface area contributed by atoms with Crippen LogP contribution in [0.25, 0.3) is 33.3 Å². The lowest BCUT2D eigenvalue weighted by Gasteiger charge is -2.07. The lowest BCUT2D eigenvalue weighted by Crippen LogP contribution is -2.15. The van der Waals surface area contributed by atoms with Crippen LogP contribution in [0.15, 0.2) is 35.4 Å². The Morgan fingerprint density at radius 3 is 2.54 bits per heavy atom. The number of fused-ring (bicyclic) bond motifs is 1. The van der Waals surface area contributed by atoms with E-state index in [1.807, 2.05) is 40.1 Å². The van der Waals surface area contributed by atoms with E-state index in [0.29, 0.717) is 23.2 Å². The molecule has 4 aromatic rings. The third-order valence-electron chi connectivity index (χ3n) is 4.71. The van der Waals surface area contributed by atoms with Crippen molar-refractivity contribution in [2.24, 2.45) is 7.05 Å². The van der Waals surface area contributed by atoms with Gasteiger partial charge in [0.05, 0.1) is 28.7 Å². The van der Waals surface area contributed by atoms with Crippen molar-refractivity contribution in [3.8, 4) is 22.3 Å². The van der Waals surface area contributed by atoms with Gasteiger partial charge in [-0.2, -0.15) is 5.10 Å². The van der Waals surface area contributed by atoms with E-state index in [9.17, 15) is 8.42 Å². The van der Waals surface area contributed by atoms with Gasteiger partial charge < -0.3 is 4.52 Å². The highest BCUT2D eigenvalue weighted by Crippen LogP contribution is 2.34. The fourth-order valence-corrected chi connectivity index (χ4v) is 4.88. The number of aryl methyl sites for hydroxylation is 3. The Morgan fingerprint density at radius 1 is 1.14 bits per heavy atom. The Bertz CT molecular complexity index is 1260. The van der Waals surface area contributed by atoms with Crippen LogP contribution in [-0.4, -0.2) is 38.1 Å². The van der Waals surface area contributed by atoms with Crippen molar-refractivity contribution in [2.75, 3.05) is 5.75 Å². The number of hydrogen-bond acceptors (Lipinski definition) is 6. The highest BCUT2D eigenvalue weighted by molar-refractivity contribution is 7.90. The Kier molecular flexibility index (Phi) is 4.34. The molecule has 4 aromatic heterocycles. The molecule has 0 bridgehead atoms. The van der Waals surface area contributed by atoms with Crippen molar-refractivity contribution in [3.63, 3.8) is 0 Å². The fraction of sp³-hybridized carbons (Fsp3) is 0.316. The SMILES string of the molecule is CCCS(=O)(=O)n1cc(-c2cnn(C)c2)c2ncc(-c3c(C)noc3C)cc21. The van der Waals surface area contributed by atoms with Crippen molar-refractivity contribution < 1.29 is 12.9 Å². The molecule has 0 saturated heterocycles. The summed E-state index contributed by atoms with van der Waals surface area (Å²) in [5.74, 6) is 0.722. The third kappa shape index (κ3) is 2.91. The van der Waals surface area contributed by atoms with Gasteiger partial charge in [0.15, 0.2) is 0 Å². The number of aromatic nitrogens is 5. The topological polar surface area (TPSA) is 95.8 Å². The molecule has 0 aliphatic heterocycles. The van der Waals surface area contributed by atoms with Gasteiger partial charge in [-0.1, -0.05) is 12.1 Å². The minimum absolute atomic E-state index is 0.0544. The van der Waals surface area contributed by atoms with Crippen molar-refractivity contribution >= 4 is 21.1 Å². The van der Waals surface area contributed by atoms with Gasteiger partial charge in [-0.05, 0) is 26.3 Å². The molecule has 0 aromatic carbocycles. The average molecular weight is 399 g/mol. The largest absolute Gasteiger partial charge is 0.361 e. The van der Waals surface area contributed by atoms with Crippen LogP contribution in [-0.2, 0) is 17.1 Å². The molecule has 0 radical (unpaired) electrons. The second-order valence-electron chi connectivity index (χ2n) is 6.85. The van der Waals surface area contributed by atoms with Crippen molar-refractivity contribution in [1.29, 1.82) is 0 Å². The first-order valence-electron chi connectivity index (χ1n) is 8.98. The molecule has 0 N–H and O–H groups in total. The summed E-state index contributed by atoms with van der Waals surface area (Å²) in [6.45, 7) is 5.52. The lowest BCUT2D eigenvalue weighted by molar-refractivity contribution is 0.393. The van der Waals surface area contributed by atoms with Crippen LogP contribution in [0, 0.1) is 13.8 Å². The van der Waals surface area contributed by atoms with Crippen LogP contribution in [0.1, 0.15) is 24.8 Å². The highest BCUT2D eigenvalue weighted by atomic mass is 32.2. The smallest absolute Gasteiger partial charge is 0.239 e. The first-order valence-corrected chi connectivity index (χ1v) is 10.6. The zero-order chi connectivity index (χ0) is 20.1. The standard InChI is InChI=1S/C19H21N5O3S/c1-5-6-28(25,26)24-11-16(15-9-21-23(4)10-15)19-17(24)7-14(8-20-19)18-12(2)22-27-13(18)3/h7-11H,5-6H2,1-4H3. The zero-order valence-corrected chi connectivity index (χ0v) is 17.0. The Balaban J connectivity index is 2.02. The predicted octanol–water partition coefficient (Wildman–Crippen LogP) is 3.30. The van der Waals surface area contributed by atoms with E-state index in [-0.39, 0.29) is 5.75 Å². The number of rotatable bonds is 5. The molecule has 8 nitrogen and oxygen atoms in total. The van der Waals surface area contributed by atoms with Crippen LogP contribution in [0.5, 0.6) is 0 Å². The minimum atomic E-state index is -3.51. The van der Waals surface area contributed by atoms with Crippen molar-refractivity contribution in [2.45, 2.75) is 27.2 Å². The monoisotopic (exact) mass is 399 g/mol. The molecule has 0 unspecified atom stereocenters. The van der Waals surface area contributed by atoms with Gasteiger partial charge in [0, 0.05) is 47.9 Å². The zero-order valence-electron chi connectivity index (χ0n) is 16.2. The van der Waals surface area contributed by atoms with E-state index < -0.39 is 10.0 Å². The summed E-state index contributed by atoms with van der Waals surface area (Å²) in [5.41, 5.74) is 5.03. The van der Waals surface area contributed by atoms with Crippen LogP contribution in [0.4, 0.5) is 0 Å². The van der Waals surface area contributed by atoms with Crippen molar-refractivity contribution in [3.05, 3.63) is 42.3 Å².